The molecule has 0 aromatic heterocycles. The number of nitrogens with one attached hydrogen (secondary N) is 3. The van der Waals surface area contributed by atoms with Gasteiger partial charge >= 0.3 is 0 Å². The molecule has 6 N–H and O–H groups in total. The van der Waals surface area contributed by atoms with Gasteiger partial charge in [0.05, 0.1) is 6.04 Å². The summed E-state index contributed by atoms with van der Waals surface area (Å²) in [5.41, 5.74) is 8.67. The molecule has 4 aromatic rings. The number of benzene rings is 4. The van der Waals surface area contributed by atoms with Gasteiger partial charge in [0.1, 0.15) is 11.8 Å². The number of hydrogen-bond donors (Lipinski definition) is 5. The minimum absolute atomic E-state index is 0.0457. The standard InChI is InChI=1S/C30H30N4O2.CH2O2/c1-20(24-13-12-22-9-5-6-10-25(22)19-24)33-29(35)27(18-11-21-7-3-2-4-8-21)30(36)34-26-16-14-23(15-17-26)28(31)32;2-1-3/h2-10,12-17,19-20,27H,11,18H2,1H3,(H3,31,32)(H,33,35)(H,34,36);1H,(H,2,3)/t20-,27?;/m1./s1. The number of nitrogens with two attached hydrogens (primary N) is 1. The lowest BCUT2D eigenvalue weighted by Gasteiger charge is -2.21. The molecule has 1 unspecified atom stereocenters. The minimum atomic E-state index is -0.874. The fourth-order valence-corrected chi connectivity index (χ4v) is 4.17. The third-order valence-electron chi connectivity index (χ3n) is 6.29. The molecule has 8 nitrogen and oxygen atoms in total. The molecule has 0 radical (unpaired) electrons. The molecule has 4 rings (SSSR count). The molecule has 39 heavy (non-hydrogen) atoms. The molecule has 0 saturated carbocycles. The zero-order chi connectivity index (χ0) is 28.2. The van der Waals surface area contributed by atoms with Gasteiger partial charge in [-0.25, -0.2) is 0 Å². The van der Waals surface area contributed by atoms with Crippen molar-refractivity contribution in [2.24, 2.45) is 11.7 Å². The Morgan fingerprint density at radius 1 is 0.897 bits per heavy atom. The molecule has 0 heterocycles. The summed E-state index contributed by atoms with van der Waals surface area (Å²) in [6.45, 7) is 1.68. The van der Waals surface area contributed by atoms with E-state index in [-0.39, 0.29) is 30.2 Å². The van der Waals surface area contributed by atoms with E-state index in [1.807, 2.05) is 67.6 Å². The zero-order valence-corrected chi connectivity index (χ0v) is 21.6. The van der Waals surface area contributed by atoms with Gasteiger partial charge in [-0.3, -0.25) is 19.8 Å². The predicted octanol–water partition coefficient (Wildman–Crippen LogP) is 4.89. The van der Waals surface area contributed by atoms with Crippen molar-refractivity contribution in [1.29, 1.82) is 5.41 Å². The molecule has 4 aromatic carbocycles. The number of amides is 2. The monoisotopic (exact) mass is 524 g/mol. The molecule has 0 spiro atoms. The van der Waals surface area contributed by atoms with Crippen LogP contribution in [-0.4, -0.2) is 29.2 Å². The van der Waals surface area contributed by atoms with Crippen molar-refractivity contribution >= 4 is 40.6 Å². The highest BCUT2D eigenvalue weighted by atomic mass is 16.3. The topological polar surface area (TPSA) is 145 Å². The number of hydrogen-bond acceptors (Lipinski definition) is 4. The number of nitrogen functional groups attached to an aromatic ring is 1. The molecule has 0 saturated heterocycles. The van der Waals surface area contributed by atoms with E-state index in [1.165, 1.54) is 0 Å². The number of carbonyl (C=O) groups is 3. The normalized spacial score (nSPS) is 11.8. The van der Waals surface area contributed by atoms with Crippen LogP contribution in [0.15, 0.2) is 97.1 Å². The number of anilines is 1. The van der Waals surface area contributed by atoms with Crippen LogP contribution in [-0.2, 0) is 20.8 Å². The molecule has 200 valence electrons. The van der Waals surface area contributed by atoms with Crippen LogP contribution in [0.1, 0.15) is 36.1 Å². The SMILES string of the molecule is C[C@@H](NC(=O)C(CCc1ccccc1)C(=O)Nc1ccc(C(=N)N)cc1)c1ccc2ccccc2c1.O=CO. The van der Waals surface area contributed by atoms with Crippen LogP contribution in [0.25, 0.3) is 10.8 Å². The van der Waals surface area contributed by atoms with E-state index in [1.54, 1.807) is 24.3 Å². The summed E-state index contributed by atoms with van der Waals surface area (Å²) in [6, 6.07) is 30.4. The number of rotatable bonds is 9. The van der Waals surface area contributed by atoms with Crippen LogP contribution in [0.3, 0.4) is 0 Å². The molecule has 0 aliphatic carbocycles. The number of amidine groups is 1. The molecular weight excluding hydrogens is 492 g/mol. The second kappa shape index (κ2) is 14.1. The molecule has 0 aliphatic rings. The van der Waals surface area contributed by atoms with Gasteiger partial charge in [0.15, 0.2) is 0 Å². The van der Waals surface area contributed by atoms with E-state index in [2.05, 4.69) is 22.8 Å². The Labute approximate surface area is 227 Å². The lowest BCUT2D eigenvalue weighted by molar-refractivity contribution is -0.133. The summed E-state index contributed by atoms with van der Waals surface area (Å²) in [6.07, 6.45) is 0.970. The van der Waals surface area contributed by atoms with Crippen LogP contribution >= 0.6 is 0 Å². The Hall–Kier alpha value is -4.98. The van der Waals surface area contributed by atoms with Crippen LogP contribution < -0.4 is 16.4 Å². The fraction of sp³-hybridized carbons (Fsp3) is 0.161. The van der Waals surface area contributed by atoms with E-state index in [9.17, 15) is 9.59 Å². The average Bonchev–Trinajstić information content (AvgIpc) is 2.94. The second-order valence-electron chi connectivity index (χ2n) is 9.00. The summed E-state index contributed by atoms with van der Waals surface area (Å²) in [7, 11) is 0. The summed E-state index contributed by atoms with van der Waals surface area (Å²) in [5, 5.41) is 22.5. The Morgan fingerprint density at radius 2 is 1.51 bits per heavy atom. The Kier molecular flexibility index (Phi) is 10.3. The smallest absolute Gasteiger partial charge is 0.290 e. The fourth-order valence-electron chi connectivity index (χ4n) is 4.17. The molecule has 2 amide bonds. The van der Waals surface area contributed by atoms with Crippen LogP contribution in [0.5, 0.6) is 0 Å². The molecule has 0 fully saturated rings. The third-order valence-corrected chi connectivity index (χ3v) is 6.29. The number of carboxylic acid groups (broad SMARTS) is 1. The van der Waals surface area contributed by atoms with Crippen LogP contribution in [0, 0.1) is 11.3 Å². The largest absolute Gasteiger partial charge is 0.483 e. The third kappa shape index (κ3) is 8.26. The van der Waals surface area contributed by atoms with Crippen molar-refractivity contribution in [1.82, 2.24) is 5.32 Å². The molecule has 2 atom stereocenters. The second-order valence-corrected chi connectivity index (χ2v) is 9.00. The van der Waals surface area contributed by atoms with Gasteiger partial charge in [0, 0.05) is 11.3 Å². The summed E-state index contributed by atoms with van der Waals surface area (Å²) < 4.78 is 0. The maximum Gasteiger partial charge on any atom is 0.290 e. The Balaban J connectivity index is 0.00000134. The Morgan fingerprint density at radius 3 is 2.15 bits per heavy atom. The molecule has 8 heteroatoms. The highest BCUT2D eigenvalue weighted by Gasteiger charge is 2.28. The van der Waals surface area contributed by atoms with Gasteiger partial charge in [0.25, 0.3) is 6.47 Å². The van der Waals surface area contributed by atoms with E-state index < -0.39 is 5.92 Å². The van der Waals surface area contributed by atoms with Crippen molar-refractivity contribution in [3.8, 4) is 0 Å². The maximum absolute atomic E-state index is 13.4. The lowest BCUT2D eigenvalue weighted by atomic mass is 9.96. The molecule has 0 bridgehead atoms. The number of fused-ring (bicyclic) bond motifs is 1. The van der Waals surface area contributed by atoms with Gasteiger partial charge in [-0.15, -0.1) is 0 Å². The van der Waals surface area contributed by atoms with E-state index in [0.29, 0.717) is 24.1 Å². The van der Waals surface area contributed by atoms with Gasteiger partial charge in [-0.1, -0.05) is 66.7 Å². The number of carbonyl (C=O) groups excluding carboxylic acids is 2. The van der Waals surface area contributed by atoms with Gasteiger partial charge in [0.2, 0.25) is 11.8 Å². The van der Waals surface area contributed by atoms with Crippen molar-refractivity contribution in [3.05, 3.63) is 114 Å². The van der Waals surface area contributed by atoms with Gasteiger partial charge in [-0.05, 0) is 72.0 Å². The van der Waals surface area contributed by atoms with Crippen molar-refractivity contribution in [2.75, 3.05) is 5.32 Å². The summed E-state index contributed by atoms with van der Waals surface area (Å²) >= 11 is 0. The highest BCUT2D eigenvalue weighted by Crippen LogP contribution is 2.22. The first-order valence-corrected chi connectivity index (χ1v) is 12.5. The van der Waals surface area contributed by atoms with Crippen molar-refractivity contribution in [3.63, 3.8) is 0 Å². The first kappa shape index (κ1) is 28.6. The minimum Gasteiger partial charge on any atom is -0.483 e. The van der Waals surface area contributed by atoms with Gasteiger partial charge < -0.3 is 21.5 Å². The first-order chi connectivity index (χ1) is 18.8. The van der Waals surface area contributed by atoms with Crippen LogP contribution in [0.2, 0.25) is 0 Å². The molecule has 0 aliphatic heterocycles. The average molecular weight is 525 g/mol. The summed E-state index contributed by atoms with van der Waals surface area (Å²) in [4.78, 5) is 35.0. The van der Waals surface area contributed by atoms with Crippen molar-refractivity contribution in [2.45, 2.75) is 25.8 Å². The summed E-state index contributed by atoms with van der Waals surface area (Å²) in [5.74, 6) is -1.61. The van der Waals surface area contributed by atoms with Crippen LogP contribution in [0.4, 0.5) is 5.69 Å². The predicted molar refractivity (Wildman–Crippen MR) is 154 cm³/mol. The van der Waals surface area contributed by atoms with E-state index in [0.717, 1.165) is 21.9 Å². The zero-order valence-electron chi connectivity index (χ0n) is 21.6. The first-order valence-electron chi connectivity index (χ1n) is 12.5. The maximum atomic E-state index is 13.4. The van der Waals surface area contributed by atoms with Gasteiger partial charge in [-0.2, -0.15) is 0 Å². The van der Waals surface area contributed by atoms with Crippen molar-refractivity contribution < 1.29 is 19.5 Å². The van der Waals surface area contributed by atoms with E-state index >= 15 is 0 Å². The Bertz CT molecular complexity index is 1420. The quantitative estimate of drug-likeness (QED) is 0.0916. The lowest BCUT2D eigenvalue weighted by Crippen LogP contribution is -2.39. The highest BCUT2D eigenvalue weighted by molar-refractivity contribution is 6.06. The molecular formula is C31H32N4O4. The van der Waals surface area contributed by atoms with E-state index in [4.69, 9.17) is 21.0 Å². The number of aryl methyl sites for hydroxylation is 1.